The van der Waals surface area contributed by atoms with Crippen molar-refractivity contribution in [3.8, 4) is 0 Å². The maximum atomic E-state index is 12.1. The molecule has 0 aliphatic heterocycles. The summed E-state index contributed by atoms with van der Waals surface area (Å²) in [4.78, 5) is 0.298. The summed E-state index contributed by atoms with van der Waals surface area (Å²) in [7, 11) is -3.43. The molecule has 3 N–H and O–H groups in total. The third-order valence-corrected chi connectivity index (χ3v) is 4.78. The average Bonchev–Trinajstić information content (AvgIpc) is 3.06. The van der Waals surface area contributed by atoms with Crippen LogP contribution in [0.25, 0.3) is 0 Å². The lowest BCUT2D eigenvalue weighted by Crippen LogP contribution is -2.30. The molecule has 1 aliphatic rings. The van der Waals surface area contributed by atoms with Gasteiger partial charge in [0.25, 0.3) is 0 Å². The van der Waals surface area contributed by atoms with Gasteiger partial charge in [0.1, 0.15) is 0 Å². The lowest BCUT2D eigenvalue weighted by Gasteiger charge is -2.13. The highest BCUT2D eigenvalue weighted by Gasteiger charge is 2.38. The van der Waals surface area contributed by atoms with Crippen LogP contribution in [0, 0.1) is 5.41 Å². The second-order valence-corrected chi connectivity index (χ2v) is 6.68. The van der Waals surface area contributed by atoms with Crippen LogP contribution in [0.1, 0.15) is 25.3 Å². The van der Waals surface area contributed by atoms with Gasteiger partial charge in [-0.1, -0.05) is 25.1 Å². The van der Waals surface area contributed by atoms with E-state index in [-0.39, 0.29) is 12.0 Å². The van der Waals surface area contributed by atoms with Gasteiger partial charge in [-0.2, -0.15) is 0 Å². The Balaban J connectivity index is 2.18. The summed E-state index contributed by atoms with van der Waals surface area (Å²) in [6, 6.07) is 6.85. The molecule has 1 aliphatic carbocycles. The minimum absolute atomic E-state index is 0.157. The van der Waals surface area contributed by atoms with Crippen molar-refractivity contribution in [1.82, 2.24) is 4.72 Å². The van der Waals surface area contributed by atoms with E-state index in [1.165, 1.54) is 0 Å². The van der Waals surface area contributed by atoms with E-state index in [0.717, 1.165) is 12.8 Å². The van der Waals surface area contributed by atoms with E-state index in [0.29, 0.717) is 17.0 Å². The Labute approximate surface area is 102 Å². The summed E-state index contributed by atoms with van der Waals surface area (Å²) >= 11 is 0. The summed E-state index contributed by atoms with van der Waals surface area (Å²) in [5, 5.41) is 0. The molecule has 5 heteroatoms. The summed E-state index contributed by atoms with van der Waals surface area (Å²) in [6.07, 6.45) is 2.18. The summed E-state index contributed by atoms with van der Waals surface area (Å²) in [5.41, 5.74) is 6.36. The van der Waals surface area contributed by atoms with Crippen molar-refractivity contribution in [3.05, 3.63) is 29.8 Å². The third kappa shape index (κ3) is 2.86. The summed E-state index contributed by atoms with van der Waals surface area (Å²) < 4.78 is 26.9. The lowest BCUT2D eigenvalue weighted by molar-refractivity contribution is 0.530. The topological polar surface area (TPSA) is 72.2 Å². The van der Waals surface area contributed by atoms with Crippen LogP contribution in [0.5, 0.6) is 0 Å². The molecule has 0 spiro atoms. The Bertz CT molecular complexity index is 507. The molecule has 4 nitrogen and oxygen atoms in total. The van der Waals surface area contributed by atoms with Crippen LogP contribution in [0.2, 0.25) is 0 Å². The van der Waals surface area contributed by atoms with Crippen molar-refractivity contribution in [2.45, 2.75) is 31.2 Å². The molecule has 1 aromatic rings. The Morgan fingerprint density at radius 1 is 1.35 bits per heavy atom. The molecule has 0 saturated heterocycles. The number of nitrogens with one attached hydrogen (secondary N) is 1. The molecule has 0 heterocycles. The van der Waals surface area contributed by atoms with Gasteiger partial charge in [-0.25, -0.2) is 13.1 Å². The zero-order valence-corrected chi connectivity index (χ0v) is 10.8. The fourth-order valence-corrected chi connectivity index (χ4v) is 3.12. The van der Waals surface area contributed by atoms with Gasteiger partial charge in [-0.3, -0.25) is 0 Å². The van der Waals surface area contributed by atoms with Crippen LogP contribution >= 0.6 is 0 Å². The zero-order chi connectivity index (χ0) is 12.5. The lowest BCUT2D eigenvalue weighted by atomic mass is 10.2. The van der Waals surface area contributed by atoms with Crippen molar-refractivity contribution < 1.29 is 8.42 Å². The van der Waals surface area contributed by atoms with Gasteiger partial charge in [0.05, 0.1) is 4.90 Å². The van der Waals surface area contributed by atoms with Crippen LogP contribution < -0.4 is 10.5 Å². The first-order chi connectivity index (χ1) is 7.97. The number of benzene rings is 1. The summed E-state index contributed by atoms with van der Waals surface area (Å²) in [5.74, 6) is 0. The Morgan fingerprint density at radius 2 is 2.00 bits per heavy atom. The van der Waals surface area contributed by atoms with Crippen molar-refractivity contribution in [1.29, 1.82) is 0 Å². The van der Waals surface area contributed by atoms with E-state index in [1.807, 2.05) is 0 Å². The maximum absolute atomic E-state index is 12.1. The molecule has 0 unspecified atom stereocenters. The fourth-order valence-electron chi connectivity index (χ4n) is 1.67. The fraction of sp³-hybridized carbons (Fsp3) is 0.500. The molecule has 1 aromatic carbocycles. The average molecular weight is 254 g/mol. The van der Waals surface area contributed by atoms with Crippen molar-refractivity contribution in [2.24, 2.45) is 11.1 Å². The van der Waals surface area contributed by atoms with Gasteiger partial charge in [-0.05, 0) is 29.9 Å². The van der Waals surface area contributed by atoms with E-state index in [2.05, 4.69) is 11.6 Å². The molecule has 0 radical (unpaired) electrons. The van der Waals surface area contributed by atoms with Gasteiger partial charge in [0, 0.05) is 13.1 Å². The molecular weight excluding hydrogens is 236 g/mol. The van der Waals surface area contributed by atoms with Crippen molar-refractivity contribution >= 4 is 10.0 Å². The predicted molar refractivity (Wildman–Crippen MR) is 66.9 cm³/mol. The highest BCUT2D eigenvalue weighted by Crippen LogP contribution is 2.44. The predicted octanol–water partition coefficient (Wildman–Crippen LogP) is 1.22. The minimum atomic E-state index is -3.43. The Hall–Kier alpha value is -0.910. The van der Waals surface area contributed by atoms with Gasteiger partial charge < -0.3 is 5.73 Å². The molecular formula is C12H18N2O2S. The SMILES string of the molecule is CC1(CNS(=O)(=O)c2ccccc2CN)CC1. The highest BCUT2D eigenvalue weighted by atomic mass is 32.2. The second kappa shape index (κ2) is 4.40. The smallest absolute Gasteiger partial charge is 0.240 e. The standard InChI is InChI=1S/C12H18N2O2S/c1-12(6-7-12)9-14-17(15,16)11-5-3-2-4-10(11)8-13/h2-5,14H,6-9,13H2,1H3. The third-order valence-electron chi connectivity index (χ3n) is 3.27. The zero-order valence-electron chi connectivity index (χ0n) is 9.94. The van der Waals surface area contributed by atoms with E-state index in [1.54, 1.807) is 24.3 Å². The number of hydrogen-bond donors (Lipinski definition) is 2. The molecule has 17 heavy (non-hydrogen) atoms. The number of rotatable bonds is 5. The van der Waals surface area contributed by atoms with E-state index in [4.69, 9.17) is 5.73 Å². The second-order valence-electron chi connectivity index (χ2n) is 4.95. The Morgan fingerprint density at radius 3 is 2.59 bits per heavy atom. The molecule has 2 rings (SSSR count). The van der Waals surface area contributed by atoms with Crippen LogP contribution in [0.3, 0.4) is 0 Å². The van der Waals surface area contributed by atoms with E-state index in [9.17, 15) is 8.42 Å². The van der Waals surface area contributed by atoms with Crippen molar-refractivity contribution in [3.63, 3.8) is 0 Å². The van der Waals surface area contributed by atoms with Crippen LogP contribution in [-0.4, -0.2) is 15.0 Å². The number of sulfonamides is 1. The first kappa shape index (κ1) is 12.5. The first-order valence-electron chi connectivity index (χ1n) is 5.74. The minimum Gasteiger partial charge on any atom is -0.326 e. The first-order valence-corrected chi connectivity index (χ1v) is 7.23. The van der Waals surface area contributed by atoms with Gasteiger partial charge in [-0.15, -0.1) is 0 Å². The van der Waals surface area contributed by atoms with E-state index < -0.39 is 10.0 Å². The van der Waals surface area contributed by atoms with Gasteiger partial charge >= 0.3 is 0 Å². The largest absolute Gasteiger partial charge is 0.326 e. The normalized spacial score (nSPS) is 18.0. The maximum Gasteiger partial charge on any atom is 0.240 e. The van der Waals surface area contributed by atoms with Crippen LogP contribution in [-0.2, 0) is 16.6 Å². The molecule has 1 fully saturated rings. The van der Waals surface area contributed by atoms with Crippen molar-refractivity contribution in [2.75, 3.05) is 6.54 Å². The molecule has 94 valence electrons. The monoisotopic (exact) mass is 254 g/mol. The highest BCUT2D eigenvalue weighted by molar-refractivity contribution is 7.89. The molecule has 0 aromatic heterocycles. The number of hydrogen-bond acceptors (Lipinski definition) is 3. The van der Waals surface area contributed by atoms with E-state index >= 15 is 0 Å². The number of nitrogens with two attached hydrogens (primary N) is 1. The summed E-state index contributed by atoms with van der Waals surface area (Å²) in [6.45, 7) is 2.83. The quantitative estimate of drug-likeness (QED) is 0.830. The van der Waals surface area contributed by atoms with Crippen LogP contribution in [0.15, 0.2) is 29.2 Å². The van der Waals surface area contributed by atoms with Gasteiger partial charge in [0.15, 0.2) is 0 Å². The van der Waals surface area contributed by atoms with Gasteiger partial charge in [0.2, 0.25) is 10.0 Å². The molecule has 0 amide bonds. The molecule has 1 saturated carbocycles. The molecule has 0 atom stereocenters. The Kier molecular flexibility index (Phi) is 3.25. The molecule has 0 bridgehead atoms. The van der Waals surface area contributed by atoms with Crippen LogP contribution in [0.4, 0.5) is 0 Å².